The highest BCUT2D eigenvalue weighted by Crippen LogP contribution is 2.28. The van der Waals surface area contributed by atoms with Crippen molar-refractivity contribution >= 4 is 0 Å². The molecule has 0 aliphatic rings. The summed E-state index contributed by atoms with van der Waals surface area (Å²) in [5.74, 6) is 1.61. The van der Waals surface area contributed by atoms with E-state index in [0.29, 0.717) is 24.7 Å². The monoisotopic (exact) mass is 288 g/mol. The normalized spacial score (nSPS) is 11.9. The summed E-state index contributed by atoms with van der Waals surface area (Å²) >= 11 is 0. The molecule has 1 N–H and O–H groups in total. The molecule has 1 atom stereocenters. The minimum absolute atomic E-state index is 0.194. The van der Waals surface area contributed by atoms with Gasteiger partial charge in [-0.25, -0.2) is 0 Å². The van der Waals surface area contributed by atoms with Gasteiger partial charge in [0.1, 0.15) is 18.5 Å². The molecule has 0 heterocycles. The standard InChI is InChI=1S/C17H20O4/c1-3-20-17(13-8-10-14(18)11-9-13)12-21-16-7-5-4-6-15(16)19-2/h4-11,17-18H,3,12H2,1-2H3. The van der Waals surface area contributed by atoms with Gasteiger partial charge in [0.05, 0.1) is 7.11 Å². The Balaban J connectivity index is 2.08. The maximum Gasteiger partial charge on any atom is 0.161 e. The zero-order valence-corrected chi connectivity index (χ0v) is 12.3. The summed E-state index contributed by atoms with van der Waals surface area (Å²) in [7, 11) is 1.61. The number of methoxy groups -OCH3 is 1. The van der Waals surface area contributed by atoms with Gasteiger partial charge in [0.15, 0.2) is 11.5 Å². The van der Waals surface area contributed by atoms with Crippen molar-refractivity contribution in [3.05, 3.63) is 54.1 Å². The zero-order valence-electron chi connectivity index (χ0n) is 12.3. The fourth-order valence-electron chi connectivity index (χ4n) is 2.03. The van der Waals surface area contributed by atoms with Crippen LogP contribution < -0.4 is 9.47 Å². The van der Waals surface area contributed by atoms with Gasteiger partial charge in [-0.15, -0.1) is 0 Å². The molecule has 112 valence electrons. The number of phenolic OH excluding ortho intramolecular Hbond substituents is 1. The SMILES string of the molecule is CCOC(COc1ccccc1OC)c1ccc(O)cc1. The minimum atomic E-state index is -0.194. The number of hydrogen-bond acceptors (Lipinski definition) is 4. The van der Waals surface area contributed by atoms with Crippen LogP contribution in [-0.4, -0.2) is 25.4 Å². The van der Waals surface area contributed by atoms with Crippen molar-refractivity contribution in [2.24, 2.45) is 0 Å². The Hall–Kier alpha value is -2.20. The van der Waals surface area contributed by atoms with Crippen molar-refractivity contribution < 1.29 is 19.3 Å². The number of benzene rings is 2. The van der Waals surface area contributed by atoms with E-state index in [4.69, 9.17) is 14.2 Å². The second kappa shape index (κ2) is 7.55. The van der Waals surface area contributed by atoms with Gasteiger partial charge < -0.3 is 19.3 Å². The van der Waals surface area contributed by atoms with Crippen LogP contribution in [-0.2, 0) is 4.74 Å². The highest BCUT2D eigenvalue weighted by Gasteiger charge is 2.14. The Morgan fingerprint density at radius 2 is 1.67 bits per heavy atom. The van der Waals surface area contributed by atoms with E-state index in [-0.39, 0.29) is 11.9 Å². The molecule has 0 aromatic heterocycles. The molecular formula is C17H20O4. The van der Waals surface area contributed by atoms with Gasteiger partial charge in [-0.3, -0.25) is 0 Å². The average molecular weight is 288 g/mol. The lowest BCUT2D eigenvalue weighted by molar-refractivity contribution is 0.0259. The van der Waals surface area contributed by atoms with Gasteiger partial charge in [0, 0.05) is 6.61 Å². The molecular weight excluding hydrogens is 268 g/mol. The average Bonchev–Trinajstić information content (AvgIpc) is 2.52. The zero-order chi connectivity index (χ0) is 15.1. The van der Waals surface area contributed by atoms with Gasteiger partial charge in [0.25, 0.3) is 0 Å². The van der Waals surface area contributed by atoms with E-state index in [2.05, 4.69) is 0 Å². The molecule has 1 unspecified atom stereocenters. The Labute approximate surface area is 124 Å². The smallest absolute Gasteiger partial charge is 0.161 e. The Kier molecular flexibility index (Phi) is 5.46. The third-order valence-corrected chi connectivity index (χ3v) is 3.09. The second-order valence-corrected chi connectivity index (χ2v) is 4.50. The van der Waals surface area contributed by atoms with E-state index in [9.17, 15) is 5.11 Å². The van der Waals surface area contributed by atoms with Gasteiger partial charge >= 0.3 is 0 Å². The number of hydrogen-bond donors (Lipinski definition) is 1. The molecule has 4 nitrogen and oxygen atoms in total. The maximum absolute atomic E-state index is 9.36. The number of aromatic hydroxyl groups is 1. The summed E-state index contributed by atoms with van der Waals surface area (Å²) in [6, 6.07) is 14.5. The number of rotatable bonds is 7. The van der Waals surface area contributed by atoms with Crippen LogP contribution in [0.5, 0.6) is 17.2 Å². The molecule has 0 saturated heterocycles. The molecule has 4 heteroatoms. The van der Waals surface area contributed by atoms with Crippen molar-refractivity contribution in [1.29, 1.82) is 0 Å². The Bertz CT molecular complexity index is 551. The van der Waals surface area contributed by atoms with Crippen LogP contribution in [0, 0.1) is 0 Å². The largest absolute Gasteiger partial charge is 0.508 e. The third kappa shape index (κ3) is 4.13. The van der Waals surface area contributed by atoms with Gasteiger partial charge in [-0.2, -0.15) is 0 Å². The summed E-state index contributed by atoms with van der Waals surface area (Å²) < 4.78 is 16.8. The lowest BCUT2D eigenvalue weighted by Crippen LogP contribution is -2.14. The van der Waals surface area contributed by atoms with Crippen molar-refractivity contribution in [2.45, 2.75) is 13.0 Å². The van der Waals surface area contributed by atoms with E-state index in [1.165, 1.54) is 0 Å². The molecule has 0 saturated carbocycles. The summed E-state index contributed by atoms with van der Waals surface area (Å²) in [4.78, 5) is 0. The molecule has 2 aromatic rings. The molecule has 21 heavy (non-hydrogen) atoms. The molecule has 2 rings (SSSR count). The first-order valence-electron chi connectivity index (χ1n) is 6.91. The van der Waals surface area contributed by atoms with Crippen LogP contribution >= 0.6 is 0 Å². The summed E-state index contributed by atoms with van der Waals surface area (Å²) in [5.41, 5.74) is 0.963. The number of ether oxygens (including phenoxy) is 3. The predicted octanol–water partition coefficient (Wildman–Crippen LogP) is 3.56. The van der Waals surface area contributed by atoms with Gasteiger partial charge in [0.2, 0.25) is 0 Å². The van der Waals surface area contributed by atoms with Crippen LogP contribution in [0.25, 0.3) is 0 Å². The number of para-hydroxylation sites is 2. The van der Waals surface area contributed by atoms with Crippen LogP contribution in [0.15, 0.2) is 48.5 Å². The second-order valence-electron chi connectivity index (χ2n) is 4.50. The fraction of sp³-hybridized carbons (Fsp3) is 0.294. The van der Waals surface area contributed by atoms with E-state index in [1.807, 2.05) is 43.3 Å². The minimum Gasteiger partial charge on any atom is -0.508 e. The summed E-state index contributed by atoms with van der Waals surface area (Å²) in [6.07, 6.45) is -0.194. The lowest BCUT2D eigenvalue weighted by atomic mass is 10.1. The molecule has 0 aliphatic carbocycles. The van der Waals surface area contributed by atoms with E-state index < -0.39 is 0 Å². The topological polar surface area (TPSA) is 47.9 Å². The molecule has 0 aliphatic heterocycles. The van der Waals surface area contributed by atoms with E-state index in [0.717, 1.165) is 5.56 Å². The molecule has 0 amide bonds. The van der Waals surface area contributed by atoms with Crippen LogP contribution in [0.2, 0.25) is 0 Å². The van der Waals surface area contributed by atoms with Crippen molar-refractivity contribution in [1.82, 2.24) is 0 Å². The van der Waals surface area contributed by atoms with Gasteiger partial charge in [-0.05, 0) is 36.8 Å². The Morgan fingerprint density at radius 3 is 2.29 bits per heavy atom. The summed E-state index contributed by atoms with van der Waals surface area (Å²) in [5, 5.41) is 9.36. The van der Waals surface area contributed by atoms with Crippen molar-refractivity contribution in [3.63, 3.8) is 0 Å². The molecule has 0 fully saturated rings. The highest BCUT2D eigenvalue weighted by molar-refractivity contribution is 5.39. The van der Waals surface area contributed by atoms with Crippen molar-refractivity contribution in [3.8, 4) is 17.2 Å². The maximum atomic E-state index is 9.36. The first-order valence-corrected chi connectivity index (χ1v) is 6.91. The predicted molar refractivity (Wildman–Crippen MR) is 81.0 cm³/mol. The van der Waals surface area contributed by atoms with Crippen molar-refractivity contribution in [2.75, 3.05) is 20.3 Å². The quantitative estimate of drug-likeness (QED) is 0.846. The Morgan fingerprint density at radius 1 is 1.00 bits per heavy atom. The molecule has 0 radical (unpaired) electrons. The lowest BCUT2D eigenvalue weighted by Gasteiger charge is -2.19. The van der Waals surface area contributed by atoms with Gasteiger partial charge in [-0.1, -0.05) is 24.3 Å². The first kappa shape index (κ1) is 15.2. The van der Waals surface area contributed by atoms with Crippen LogP contribution in [0.4, 0.5) is 0 Å². The third-order valence-electron chi connectivity index (χ3n) is 3.09. The van der Waals surface area contributed by atoms with Crippen LogP contribution in [0.3, 0.4) is 0 Å². The molecule has 2 aromatic carbocycles. The molecule has 0 bridgehead atoms. The summed E-state index contributed by atoms with van der Waals surface area (Å²) in [6.45, 7) is 2.90. The fourth-order valence-corrected chi connectivity index (χ4v) is 2.03. The van der Waals surface area contributed by atoms with Crippen LogP contribution in [0.1, 0.15) is 18.6 Å². The molecule has 0 spiro atoms. The first-order chi connectivity index (χ1) is 10.2. The highest BCUT2D eigenvalue weighted by atomic mass is 16.5. The van der Waals surface area contributed by atoms with E-state index in [1.54, 1.807) is 19.2 Å². The number of phenols is 1. The van der Waals surface area contributed by atoms with E-state index >= 15 is 0 Å².